The van der Waals surface area contributed by atoms with Crippen LogP contribution in [-0.2, 0) is 0 Å². The van der Waals surface area contributed by atoms with E-state index in [9.17, 15) is 4.39 Å². The van der Waals surface area contributed by atoms with Crippen molar-refractivity contribution in [2.24, 2.45) is 0 Å². The van der Waals surface area contributed by atoms with Crippen molar-refractivity contribution in [1.29, 1.82) is 0 Å². The number of anilines is 1. The minimum Gasteiger partial charge on any atom is -0.397 e. The number of benzene rings is 1. The van der Waals surface area contributed by atoms with E-state index >= 15 is 0 Å². The van der Waals surface area contributed by atoms with Crippen molar-refractivity contribution in [3.05, 3.63) is 53.6 Å². The SMILES string of the molecule is Nc1cccn2c(-c3cccc(F)c3)nc(Cl)c12. The van der Waals surface area contributed by atoms with Gasteiger partial charge in [0.15, 0.2) is 5.15 Å². The highest BCUT2D eigenvalue weighted by atomic mass is 35.5. The summed E-state index contributed by atoms with van der Waals surface area (Å²) in [5.74, 6) is 0.256. The summed E-state index contributed by atoms with van der Waals surface area (Å²) in [6.45, 7) is 0. The maximum Gasteiger partial charge on any atom is 0.157 e. The van der Waals surface area contributed by atoms with Crippen molar-refractivity contribution >= 4 is 22.8 Å². The largest absolute Gasteiger partial charge is 0.397 e. The lowest BCUT2D eigenvalue weighted by Crippen LogP contribution is -1.93. The van der Waals surface area contributed by atoms with Gasteiger partial charge in [0.1, 0.15) is 17.2 Å². The van der Waals surface area contributed by atoms with Crippen LogP contribution in [0.1, 0.15) is 0 Å². The first-order chi connectivity index (χ1) is 8.66. The fraction of sp³-hybridized carbons (Fsp3) is 0. The molecule has 90 valence electrons. The number of halogens is 2. The molecule has 0 fully saturated rings. The van der Waals surface area contributed by atoms with Crippen LogP contribution in [0, 0.1) is 5.82 Å². The molecule has 18 heavy (non-hydrogen) atoms. The second-order valence-corrected chi connectivity index (χ2v) is 4.28. The van der Waals surface area contributed by atoms with Crippen LogP contribution in [0.15, 0.2) is 42.6 Å². The van der Waals surface area contributed by atoms with E-state index in [1.165, 1.54) is 12.1 Å². The molecule has 0 saturated carbocycles. The number of hydrogen-bond donors (Lipinski definition) is 1. The van der Waals surface area contributed by atoms with Crippen LogP contribution >= 0.6 is 11.6 Å². The van der Waals surface area contributed by atoms with E-state index < -0.39 is 0 Å². The van der Waals surface area contributed by atoms with Crippen LogP contribution in [0.2, 0.25) is 5.15 Å². The van der Waals surface area contributed by atoms with Crippen molar-refractivity contribution in [2.45, 2.75) is 0 Å². The van der Waals surface area contributed by atoms with E-state index in [1.54, 1.807) is 34.9 Å². The van der Waals surface area contributed by atoms with Gasteiger partial charge in [-0.2, -0.15) is 0 Å². The molecule has 0 aliphatic heterocycles. The Balaban J connectivity index is 2.34. The molecule has 0 amide bonds. The van der Waals surface area contributed by atoms with Crippen molar-refractivity contribution in [3.8, 4) is 11.4 Å². The van der Waals surface area contributed by atoms with Gasteiger partial charge in [0.05, 0.1) is 5.69 Å². The summed E-state index contributed by atoms with van der Waals surface area (Å²) in [5, 5.41) is 0.312. The van der Waals surface area contributed by atoms with Gasteiger partial charge in [-0.05, 0) is 24.3 Å². The van der Waals surface area contributed by atoms with Gasteiger partial charge < -0.3 is 5.73 Å². The topological polar surface area (TPSA) is 43.3 Å². The Morgan fingerprint density at radius 2 is 2.06 bits per heavy atom. The molecule has 0 radical (unpaired) electrons. The fourth-order valence-corrected chi connectivity index (χ4v) is 2.23. The summed E-state index contributed by atoms with van der Waals surface area (Å²) in [4.78, 5) is 4.24. The summed E-state index contributed by atoms with van der Waals surface area (Å²) in [7, 11) is 0. The van der Waals surface area contributed by atoms with E-state index in [0.717, 1.165) is 0 Å². The maximum atomic E-state index is 13.2. The molecule has 2 aromatic heterocycles. The number of aromatic nitrogens is 2. The third-order valence-electron chi connectivity index (χ3n) is 2.74. The molecule has 3 nitrogen and oxygen atoms in total. The number of hydrogen-bond acceptors (Lipinski definition) is 2. The van der Waals surface area contributed by atoms with Gasteiger partial charge in [0, 0.05) is 11.8 Å². The smallest absolute Gasteiger partial charge is 0.157 e. The number of pyridine rings is 1. The van der Waals surface area contributed by atoms with E-state index in [2.05, 4.69) is 4.98 Å². The Morgan fingerprint density at radius 3 is 2.83 bits per heavy atom. The molecule has 0 aliphatic carbocycles. The number of rotatable bonds is 1. The molecule has 5 heteroatoms. The molecule has 3 aromatic rings. The summed E-state index contributed by atoms with van der Waals surface area (Å²) < 4.78 is 15.0. The quantitative estimate of drug-likeness (QED) is 0.730. The molecule has 3 rings (SSSR count). The fourth-order valence-electron chi connectivity index (χ4n) is 1.95. The van der Waals surface area contributed by atoms with Crippen LogP contribution < -0.4 is 5.73 Å². The standard InChI is InChI=1S/C13H9ClFN3/c14-12-11-10(16)5-2-6-18(11)13(17-12)8-3-1-4-9(15)7-8/h1-7H,16H2. The Morgan fingerprint density at radius 1 is 1.22 bits per heavy atom. The predicted octanol–water partition coefficient (Wildman–Crippen LogP) is 3.38. The second-order valence-electron chi connectivity index (χ2n) is 3.92. The highest BCUT2D eigenvalue weighted by molar-refractivity contribution is 6.33. The Bertz CT molecular complexity index is 736. The maximum absolute atomic E-state index is 13.2. The number of nitrogens with zero attached hydrogens (tertiary/aromatic N) is 2. The third kappa shape index (κ3) is 1.62. The molecule has 0 unspecified atom stereocenters. The van der Waals surface area contributed by atoms with Crippen LogP contribution in [0.3, 0.4) is 0 Å². The molecule has 0 aliphatic rings. The zero-order chi connectivity index (χ0) is 12.7. The molecule has 0 bridgehead atoms. The lowest BCUT2D eigenvalue weighted by atomic mass is 10.2. The second kappa shape index (κ2) is 3.99. The first kappa shape index (κ1) is 11.0. The highest BCUT2D eigenvalue weighted by Gasteiger charge is 2.13. The first-order valence-electron chi connectivity index (χ1n) is 5.35. The van der Waals surface area contributed by atoms with E-state index in [-0.39, 0.29) is 5.82 Å². The normalized spacial score (nSPS) is 11.0. The van der Waals surface area contributed by atoms with Crippen LogP contribution in [0.4, 0.5) is 10.1 Å². The van der Waals surface area contributed by atoms with Crippen LogP contribution in [0.5, 0.6) is 0 Å². The van der Waals surface area contributed by atoms with Gasteiger partial charge in [-0.3, -0.25) is 4.40 Å². The molecule has 2 N–H and O–H groups in total. The van der Waals surface area contributed by atoms with Crippen LogP contribution in [0.25, 0.3) is 16.9 Å². The van der Waals surface area contributed by atoms with Gasteiger partial charge in [-0.1, -0.05) is 23.7 Å². The van der Waals surface area contributed by atoms with Gasteiger partial charge >= 0.3 is 0 Å². The summed E-state index contributed by atoms with van der Waals surface area (Å²) >= 11 is 6.07. The number of imidazole rings is 1. The van der Waals surface area contributed by atoms with Gasteiger partial charge in [0.2, 0.25) is 0 Å². The third-order valence-corrected chi connectivity index (χ3v) is 3.00. The first-order valence-corrected chi connectivity index (χ1v) is 5.72. The van der Waals surface area contributed by atoms with Crippen molar-refractivity contribution in [3.63, 3.8) is 0 Å². The number of nitrogen functional groups attached to an aromatic ring is 1. The van der Waals surface area contributed by atoms with Crippen molar-refractivity contribution in [1.82, 2.24) is 9.38 Å². The molecule has 1 aromatic carbocycles. The Labute approximate surface area is 108 Å². The Hall–Kier alpha value is -2.07. The van der Waals surface area contributed by atoms with Crippen molar-refractivity contribution in [2.75, 3.05) is 5.73 Å². The van der Waals surface area contributed by atoms with E-state index in [4.69, 9.17) is 17.3 Å². The zero-order valence-corrected chi connectivity index (χ0v) is 10.0. The summed E-state index contributed by atoms with van der Waals surface area (Å²) in [5.41, 5.74) is 7.69. The predicted molar refractivity (Wildman–Crippen MR) is 70.0 cm³/mol. The van der Waals surface area contributed by atoms with E-state index in [1.807, 2.05) is 0 Å². The van der Waals surface area contributed by atoms with E-state index in [0.29, 0.717) is 27.7 Å². The molecular weight excluding hydrogens is 253 g/mol. The van der Waals surface area contributed by atoms with Crippen molar-refractivity contribution < 1.29 is 4.39 Å². The number of nitrogens with two attached hydrogens (primary N) is 1. The van der Waals surface area contributed by atoms with Gasteiger partial charge in [0.25, 0.3) is 0 Å². The minimum absolute atomic E-state index is 0.312. The molecule has 2 heterocycles. The molecular formula is C13H9ClFN3. The molecule has 0 saturated heterocycles. The van der Waals surface area contributed by atoms with Gasteiger partial charge in [-0.15, -0.1) is 0 Å². The average Bonchev–Trinajstić information content (AvgIpc) is 2.68. The summed E-state index contributed by atoms with van der Waals surface area (Å²) in [6, 6.07) is 9.74. The zero-order valence-electron chi connectivity index (χ0n) is 9.27. The van der Waals surface area contributed by atoms with Gasteiger partial charge in [-0.25, -0.2) is 9.37 Å². The minimum atomic E-state index is -0.315. The monoisotopic (exact) mass is 261 g/mol. The number of fused-ring (bicyclic) bond motifs is 1. The molecule has 0 spiro atoms. The Kier molecular flexibility index (Phi) is 2.45. The lowest BCUT2D eigenvalue weighted by molar-refractivity contribution is 0.628. The molecule has 0 atom stereocenters. The highest BCUT2D eigenvalue weighted by Crippen LogP contribution is 2.29. The average molecular weight is 262 g/mol. The van der Waals surface area contributed by atoms with Crippen LogP contribution in [-0.4, -0.2) is 9.38 Å². The lowest BCUT2D eigenvalue weighted by Gasteiger charge is -2.02. The summed E-state index contributed by atoms with van der Waals surface area (Å²) in [6.07, 6.45) is 1.80.